The Morgan fingerprint density at radius 3 is 2.66 bits per heavy atom. The number of aryl methyl sites for hydroxylation is 2. The minimum absolute atomic E-state index is 0.0367. The van der Waals surface area contributed by atoms with E-state index in [9.17, 15) is 0 Å². The van der Waals surface area contributed by atoms with E-state index in [1.807, 2.05) is 26.0 Å². The Morgan fingerprint density at radius 1 is 1.09 bits per heavy atom. The number of piperazine rings is 1. The molecule has 1 saturated heterocycles. The molecule has 0 aliphatic carbocycles. The van der Waals surface area contributed by atoms with E-state index >= 15 is 4.39 Å². The largest absolute Gasteiger partial charge is 0.421 e. The van der Waals surface area contributed by atoms with E-state index in [4.69, 9.17) is 10.00 Å². The fraction of sp³-hybridized carbons (Fsp3) is 0.333. The molecular formula is C24H26FN9O. The van der Waals surface area contributed by atoms with Crippen molar-refractivity contribution in [3.8, 4) is 17.8 Å². The van der Waals surface area contributed by atoms with Gasteiger partial charge in [0.15, 0.2) is 17.4 Å². The average molecular weight is 476 g/mol. The van der Waals surface area contributed by atoms with Crippen LogP contribution in [0, 0.1) is 31.0 Å². The molecule has 0 saturated carbocycles. The van der Waals surface area contributed by atoms with Gasteiger partial charge in [-0.1, -0.05) is 0 Å². The highest BCUT2D eigenvalue weighted by Gasteiger charge is 2.21. The van der Waals surface area contributed by atoms with Crippen LogP contribution >= 0.6 is 0 Å². The van der Waals surface area contributed by atoms with Crippen LogP contribution < -0.4 is 15.0 Å². The van der Waals surface area contributed by atoms with Crippen LogP contribution in [0.5, 0.6) is 11.8 Å². The van der Waals surface area contributed by atoms with Crippen molar-refractivity contribution in [1.82, 2.24) is 30.0 Å². The number of rotatable bonds is 7. The Balaban J connectivity index is 1.43. The first kappa shape index (κ1) is 22.6. The zero-order chi connectivity index (χ0) is 24.4. The summed E-state index contributed by atoms with van der Waals surface area (Å²) in [7, 11) is 0. The van der Waals surface area contributed by atoms with E-state index in [1.165, 1.54) is 0 Å². The summed E-state index contributed by atoms with van der Waals surface area (Å²) in [5, 5.41) is 19.6. The lowest BCUT2D eigenvalue weighted by atomic mass is 10.2. The van der Waals surface area contributed by atoms with Gasteiger partial charge >= 0.3 is 6.01 Å². The molecule has 1 aromatic carbocycles. The number of H-pyrrole nitrogens is 2. The lowest BCUT2D eigenvalue weighted by Crippen LogP contribution is -2.46. The van der Waals surface area contributed by atoms with Crippen LogP contribution in [0.25, 0.3) is 10.9 Å². The van der Waals surface area contributed by atoms with E-state index in [-0.39, 0.29) is 11.8 Å². The number of aromatic amines is 2. The number of nitrogens with zero attached hydrogens (tertiary/aromatic N) is 6. The fourth-order valence-corrected chi connectivity index (χ4v) is 4.17. The van der Waals surface area contributed by atoms with Gasteiger partial charge in [-0.15, -0.1) is 0 Å². The third-order valence-electron chi connectivity index (χ3n) is 5.93. The number of fused-ring (bicyclic) bond motifs is 1. The van der Waals surface area contributed by atoms with Gasteiger partial charge in [-0.3, -0.25) is 10.00 Å². The smallest absolute Gasteiger partial charge is 0.326 e. The van der Waals surface area contributed by atoms with Crippen LogP contribution in [0.4, 0.5) is 21.8 Å². The molecular weight excluding hydrogens is 449 g/mol. The summed E-state index contributed by atoms with van der Waals surface area (Å²) in [5.74, 6) is 1.35. The maximum atomic E-state index is 15.1. The van der Waals surface area contributed by atoms with Crippen molar-refractivity contribution < 1.29 is 9.13 Å². The van der Waals surface area contributed by atoms with Crippen LogP contribution in [0.15, 0.2) is 30.3 Å². The van der Waals surface area contributed by atoms with Gasteiger partial charge in [-0.25, -0.2) is 4.39 Å². The topological polar surface area (TPSA) is 122 Å². The van der Waals surface area contributed by atoms with E-state index in [2.05, 4.69) is 46.3 Å². The maximum absolute atomic E-state index is 15.1. The molecule has 10 nitrogen and oxygen atoms in total. The molecule has 0 atom stereocenters. The van der Waals surface area contributed by atoms with E-state index < -0.39 is 5.82 Å². The van der Waals surface area contributed by atoms with Gasteiger partial charge in [0.25, 0.3) is 0 Å². The zero-order valence-electron chi connectivity index (χ0n) is 19.6. The predicted octanol–water partition coefficient (Wildman–Crippen LogP) is 4.01. The van der Waals surface area contributed by atoms with E-state index in [1.54, 1.807) is 18.2 Å². The number of nitriles is 1. The molecule has 1 fully saturated rings. The summed E-state index contributed by atoms with van der Waals surface area (Å²) in [6.07, 6.45) is 0.513. The summed E-state index contributed by atoms with van der Waals surface area (Å²) >= 11 is 0. The molecule has 1 aliphatic rings. The van der Waals surface area contributed by atoms with Crippen LogP contribution in [0.2, 0.25) is 0 Å². The molecule has 0 amide bonds. The van der Waals surface area contributed by atoms with Gasteiger partial charge in [0.05, 0.1) is 6.07 Å². The van der Waals surface area contributed by atoms with Gasteiger partial charge in [0, 0.05) is 73.6 Å². The van der Waals surface area contributed by atoms with Crippen molar-refractivity contribution in [2.75, 3.05) is 42.9 Å². The molecule has 0 unspecified atom stereocenters. The molecule has 35 heavy (non-hydrogen) atoms. The van der Waals surface area contributed by atoms with E-state index in [0.29, 0.717) is 34.8 Å². The molecule has 5 rings (SSSR count). The van der Waals surface area contributed by atoms with Gasteiger partial charge in [0.1, 0.15) is 11.6 Å². The van der Waals surface area contributed by atoms with Crippen LogP contribution in [-0.2, 0) is 0 Å². The maximum Gasteiger partial charge on any atom is 0.326 e. The van der Waals surface area contributed by atoms with Gasteiger partial charge in [-0.2, -0.15) is 20.3 Å². The number of ether oxygens (including phenoxy) is 1. The second-order valence-corrected chi connectivity index (χ2v) is 8.59. The molecule has 0 radical (unpaired) electrons. The minimum Gasteiger partial charge on any atom is -0.421 e. The summed E-state index contributed by atoms with van der Waals surface area (Å²) in [6.45, 7) is 7.67. The van der Waals surface area contributed by atoms with Crippen LogP contribution in [-0.4, -0.2) is 62.8 Å². The molecule has 4 aromatic rings. The number of nitrogens with one attached hydrogen (secondary N) is 3. The quantitative estimate of drug-likeness (QED) is 0.367. The molecule has 11 heteroatoms. The van der Waals surface area contributed by atoms with Crippen molar-refractivity contribution in [3.05, 3.63) is 47.5 Å². The highest BCUT2D eigenvalue weighted by molar-refractivity contribution is 5.82. The van der Waals surface area contributed by atoms with Crippen LogP contribution in [0.1, 0.15) is 17.8 Å². The first-order valence-electron chi connectivity index (χ1n) is 11.5. The monoisotopic (exact) mass is 475 g/mol. The standard InChI is InChI=1S/C24H26FN9O/c1-15-12-17-18(27-15)4-5-19(23(17)25)35-24-29-20(28-21-13-16(2)31-32-21)14-22(30-24)34-10-8-33(9-11-34)7-3-6-26/h4-5,12-14,27H,3,7-11H2,1-2H3,(H2,28,29,30,31,32). The Kier molecular flexibility index (Phi) is 6.20. The molecule has 0 bridgehead atoms. The number of hydrogen-bond acceptors (Lipinski definition) is 8. The minimum atomic E-state index is -0.468. The molecule has 4 heterocycles. The lowest BCUT2D eigenvalue weighted by molar-refractivity contribution is 0.262. The van der Waals surface area contributed by atoms with Crippen molar-refractivity contribution in [3.63, 3.8) is 0 Å². The number of aromatic nitrogens is 5. The van der Waals surface area contributed by atoms with Crippen LogP contribution in [0.3, 0.4) is 0 Å². The van der Waals surface area contributed by atoms with Crippen molar-refractivity contribution in [1.29, 1.82) is 5.26 Å². The summed E-state index contributed by atoms with van der Waals surface area (Å²) in [6, 6.07) is 11.0. The van der Waals surface area contributed by atoms with Gasteiger partial charge in [0.2, 0.25) is 0 Å². The first-order chi connectivity index (χ1) is 17.0. The fourth-order valence-electron chi connectivity index (χ4n) is 4.17. The highest BCUT2D eigenvalue weighted by atomic mass is 19.1. The Bertz CT molecular complexity index is 1380. The molecule has 3 N–H and O–H groups in total. The average Bonchev–Trinajstić information content (AvgIpc) is 3.44. The summed E-state index contributed by atoms with van der Waals surface area (Å²) in [4.78, 5) is 16.6. The normalized spacial score (nSPS) is 14.3. The lowest BCUT2D eigenvalue weighted by Gasteiger charge is -2.35. The highest BCUT2D eigenvalue weighted by Crippen LogP contribution is 2.31. The summed E-state index contributed by atoms with van der Waals surface area (Å²) in [5.41, 5.74) is 2.47. The molecule has 0 spiro atoms. The third-order valence-corrected chi connectivity index (χ3v) is 5.93. The predicted molar refractivity (Wildman–Crippen MR) is 131 cm³/mol. The summed E-state index contributed by atoms with van der Waals surface area (Å²) < 4.78 is 21.0. The number of benzene rings is 1. The van der Waals surface area contributed by atoms with Gasteiger partial charge < -0.3 is 19.9 Å². The Hall–Kier alpha value is -4.17. The Morgan fingerprint density at radius 2 is 1.91 bits per heavy atom. The second-order valence-electron chi connectivity index (χ2n) is 8.59. The second kappa shape index (κ2) is 9.60. The number of halogens is 1. The van der Waals surface area contributed by atoms with Crippen molar-refractivity contribution in [2.24, 2.45) is 0 Å². The Labute approximate surface area is 201 Å². The first-order valence-corrected chi connectivity index (χ1v) is 11.5. The third kappa shape index (κ3) is 5.02. The molecule has 180 valence electrons. The number of hydrogen-bond donors (Lipinski definition) is 3. The van der Waals surface area contributed by atoms with Crippen molar-refractivity contribution >= 4 is 28.4 Å². The zero-order valence-corrected chi connectivity index (χ0v) is 19.6. The molecule has 1 aliphatic heterocycles. The molecule has 3 aromatic heterocycles. The van der Waals surface area contributed by atoms with Gasteiger partial charge in [-0.05, 0) is 32.0 Å². The van der Waals surface area contributed by atoms with Crippen molar-refractivity contribution in [2.45, 2.75) is 20.3 Å². The van der Waals surface area contributed by atoms with E-state index in [0.717, 1.165) is 44.1 Å². The number of anilines is 3. The SMILES string of the molecule is Cc1cc(Nc2cc(N3CCN(CCC#N)CC3)nc(Oc3ccc4[nH]c(C)cc4c3F)n2)n[nH]1.